The minimum Gasteiger partial charge on any atom is -0.322 e. The molecule has 0 saturated carbocycles. The molecular weight excluding hydrogens is 249 g/mol. The van der Waals surface area contributed by atoms with Gasteiger partial charge in [0.2, 0.25) is 0 Å². The fraction of sp³-hybridized carbons (Fsp3) is 0.636. The lowest BCUT2D eigenvalue weighted by atomic mass is 10.2. The van der Waals surface area contributed by atoms with Crippen LogP contribution in [0.2, 0.25) is 0 Å². The van der Waals surface area contributed by atoms with Crippen LogP contribution in [0.4, 0.5) is 13.2 Å². The van der Waals surface area contributed by atoms with Crippen LogP contribution in [0.15, 0.2) is 17.5 Å². The molecule has 0 fully saturated rings. The SMILES string of the molecule is CCCN(CC(N)c1cccs1)CC(F)(F)F. The van der Waals surface area contributed by atoms with E-state index < -0.39 is 12.7 Å². The summed E-state index contributed by atoms with van der Waals surface area (Å²) in [5, 5.41) is 1.88. The highest BCUT2D eigenvalue weighted by atomic mass is 32.1. The van der Waals surface area contributed by atoms with Crippen LogP contribution in [0.3, 0.4) is 0 Å². The first-order valence-electron chi connectivity index (χ1n) is 5.50. The van der Waals surface area contributed by atoms with Crippen molar-refractivity contribution in [2.24, 2.45) is 5.73 Å². The highest BCUT2D eigenvalue weighted by Gasteiger charge is 2.31. The van der Waals surface area contributed by atoms with E-state index in [0.717, 1.165) is 4.88 Å². The van der Waals surface area contributed by atoms with Crippen molar-refractivity contribution in [3.05, 3.63) is 22.4 Å². The second-order valence-corrected chi connectivity index (χ2v) is 4.95. The van der Waals surface area contributed by atoms with E-state index in [1.807, 2.05) is 24.4 Å². The maximum atomic E-state index is 12.3. The van der Waals surface area contributed by atoms with E-state index in [1.54, 1.807) is 0 Å². The third-order valence-corrected chi connectivity index (χ3v) is 3.31. The molecule has 0 aromatic carbocycles. The molecule has 0 aliphatic heterocycles. The van der Waals surface area contributed by atoms with Crippen molar-refractivity contribution in [2.75, 3.05) is 19.6 Å². The van der Waals surface area contributed by atoms with Crippen LogP contribution < -0.4 is 5.73 Å². The van der Waals surface area contributed by atoms with Crippen LogP contribution in [-0.2, 0) is 0 Å². The number of thiophene rings is 1. The zero-order valence-electron chi connectivity index (χ0n) is 9.70. The Morgan fingerprint density at radius 1 is 1.47 bits per heavy atom. The Morgan fingerprint density at radius 2 is 2.18 bits per heavy atom. The summed E-state index contributed by atoms with van der Waals surface area (Å²) in [6.07, 6.45) is -3.47. The molecule has 0 amide bonds. The average Bonchev–Trinajstić information content (AvgIpc) is 2.67. The highest BCUT2D eigenvalue weighted by Crippen LogP contribution is 2.21. The topological polar surface area (TPSA) is 29.3 Å². The van der Waals surface area contributed by atoms with Crippen molar-refractivity contribution in [2.45, 2.75) is 25.6 Å². The van der Waals surface area contributed by atoms with E-state index in [1.165, 1.54) is 16.2 Å². The van der Waals surface area contributed by atoms with Gasteiger partial charge < -0.3 is 5.73 Å². The van der Waals surface area contributed by atoms with Crippen LogP contribution in [-0.4, -0.2) is 30.7 Å². The Morgan fingerprint density at radius 3 is 2.65 bits per heavy atom. The number of hydrogen-bond acceptors (Lipinski definition) is 3. The normalized spacial score (nSPS) is 14.2. The van der Waals surface area contributed by atoms with Gasteiger partial charge in [0.05, 0.1) is 12.6 Å². The molecule has 0 aliphatic rings. The van der Waals surface area contributed by atoms with Crippen molar-refractivity contribution < 1.29 is 13.2 Å². The summed E-state index contributed by atoms with van der Waals surface area (Å²) in [6.45, 7) is 1.63. The fourth-order valence-corrected chi connectivity index (χ4v) is 2.40. The minimum atomic E-state index is -4.16. The lowest BCUT2D eigenvalue weighted by Crippen LogP contribution is -2.39. The monoisotopic (exact) mass is 266 g/mol. The molecule has 6 heteroatoms. The summed E-state index contributed by atoms with van der Waals surface area (Å²) in [5.74, 6) is 0. The molecule has 1 unspecified atom stereocenters. The molecule has 0 bridgehead atoms. The van der Waals surface area contributed by atoms with Gasteiger partial charge >= 0.3 is 6.18 Å². The van der Waals surface area contributed by atoms with Crippen molar-refractivity contribution in [1.82, 2.24) is 4.90 Å². The van der Waals surface area contributed by atoms with Gasteiger partial charge in [-0.2, -0.15) is 13.2 Å². The van der Waals surface area contributed by atoms with Gasteiger partial charge in [0.25, 0.3) is 0 Å². The molecule has 0 saturated heterocycles. The van der Waals surface area contributed by atoms with Gasteiger partial charge in [0.1, 0.15) is 0 Å². The Hall–Kier alpha value is -0.590. The maximum absolute atomic E-state index is 12.3. The van der Waals surface area contributed by atoms with Crippen LogP contribution in [0, 0.1) is 0 Å². The van der Waals surface area contributed by atoms with E-state index in [0.29, 0.717) is 13.0 Å². The van der Waals surface area contributed by atoms with Gasteiger partial charge in [-0.1, -0.05) is 13.0 Å². The molecule has 1 aromatic heterocycles. The van der Waals surface area contributed by atoms with Crippen molar-refractivity contribution in [3.63, 3.8) is 0 Å². The third kappa shape index (κ3) is 5.52. The van der Waals surface area contributed by atoms with Crippen molar-refractivity contribution in [3.8, 4) is 0 Å². The largest absolute Gasteiger partial charge is 0.401 e. The summed E-state index contributed by atoms with van der Waals surface area (Å²) in [4.78, 5) is 2.29. The predicted octanol–water partition coefficient (Wildman–Crippen LogP) is 3.02. The number of nitrogens with zero attached hydrogens (tertiary/aromatic N) is 1. The molecule has 0 radical (unpaired) electrons. The maximum Gasteiger partial charge on any atom is 0.401 e. The smallest absolute Gasteiger partial charge is 0.322 e. The van der Waals surface area contributed by atoms with Crippen LogP contribution in [0.25, 0.3) is 0 Å². The molecule has 0 spiro atoms. The van der Waals surface area contributed by atoms with Crippen molar-refractivity contribution in [1.29, 1.82) is 0 Å². The number of rotatable bonds is 6. The van der Waals surface area contributed by atoms with Crippen molar-refractivity contribution >= 4 is 11.3 Å². The lowest BCUT2D eigenvalue weighted by molar-refractivity contribution is -0.146. The molecule has 2 N–H and O–H groups in total. The Bertz CT molecular complexity index is 311. The molecule has 0 aliphatic carbocycles. The summed E-state index contributed by atoms with van der Waals surface area (Å²) in [5.41, 5.74) is 5.89. The molecule has 2 nitrogen and oxygen atoms in total. The summed E-state index contributed by atoms with van der Waals surface area (Å²) in [7, 11) is 0. The van der Waals surface area contributed by atoms with E-state index >= 15 is 0 Å². The minimum absolute atomic E-state index is 0.244. The van der Waals surface area contributed by atoms with E-state index in [-0.39, 0.29) is 12.6 Å². The summed E-state index contributed by atoms with van der Waals surface area (Å²) < 4.78 is 37.0. The first-order valence-corrected chi connectivity index (χ1v) is 6.38. The molecule has 1 rings (SSSR count). The number of nitrogens with two attached hydrogens (primary N) is 1. The van der Waals surface area contributed by atoms with Gasteiger partial charge in [-0.15, -0.1) is 11.3 Å². The summed E-state index contributed by atoms with van der Waals surface area (Å²) in [6, 6.07) is 3.37. The Labute approximate surface area is 103 Å². The van der Waals surface area contributed by atoms with Gasteiger partial charge in [-0.3, -0.25) is 4.90 Å². The fourth-order valence-electron chi connectivity index (χ4n) is 1.68. The zero-order chi connectivity index (χ0) is 12.9. The van der Waals surface area contributed by atoms with Gasteiger partial charge in [0, 0.05) is 11.4 Å². The molecular formula is C11H17F3N2S. The highest BCUT2D eigenvalue weighted by molar-refractivity contribution is 7.10. The standard InChI is InChI=1S/C11H17F3N2S/c1-2-5-16(8-11(12,13)14)7-9(15)10-4-3-6-17-10/h3-4,6,9H,2,5,7-8,15H2,1H3. The quantitative estimate of drug-likeness (QED) is 0.857. The van der Waals surface area contributed by atoms with Crippen LogP contribution in [0.1, 0.15) is 24.3 Å². The Kier molecular flexibility index (Phi) is 5.42. The second kappa shape index (κ2) is 6.37. The Balaban J connectivity index is 2.54. The van der Waals surface area contributed by atoms with E-state index in [9.17, 15) is 13.2 Å². The molecule has 98 valence electrons. The van der Waals surface area contributed by atoms with Gasteiger partial charge in [-0.25, -0.2) is 0 Å². The molecule has 1 heterocycles. The summed E-state index contributed by atoms with van der Waals surface area (Å²) >= 11 is 1.48. The van der Waals surface area contributed by atoms with Crippen LogP contribution in [0.5, 0.6) is 0 Å². The van der Waals surface area contributed by atoms with Gasteiger partial charge in [0.15, 0.2) is 0 Å². The first kappa shape index (κ1) is 14.5. The van der Waals surface area contributed by atoms with Gasteiger partial charge in [-0.05, 0) is 24.4 Å². The number of halogens is 3. The number of alkyl halides is 3. The predicted molar refractivity (Wildman–Crippen MR) is 64.0 cm³/mol. The molecule has 1 aromatic rings. The zero-order valence-corrected chi connectivity index (χ0v) is 10.5. The van der Waals surface area contributed by atoms with E-state index in [4.69, 9.17) is 5.73 Å². The first-order chi connectivity index (χ1) is 7.92. The number of hydrogen-bond donors (Lipinski definition) is 1. The van der Waals surface area contributed by atoms with Crippen LogP contribution >= 0.6 is 11.3 Å². The average molecular weight is 266 g/mol. The lowest BCUT2D eigenvalue weighted by Gasteiger charge is -2.25. The third-order valence-electron chi connectivity index (χ3n) is 2.31. The van der Waals surface area contributed by atoms with E-state index in [2.05, 4.69) is 0 Å². The molecule has 1 atom stereocenters. The molecule has 17 heavy (non-hydrogen) atoms. The second-order valence-electron chi connectivity index (χ2n) is 3.97.